The lowest BCUT2D eigenvalue weighted by Gasteiger charge is -2.33. The molecule has 3 N–H and O–H groups in total. The first-order valence-electron chi connectivity index (χ1n) is 5.49. The van der Waals surface area contributed by atoms with Gasteiger partial charge >= 0.3 is 0 Å². The van der Waals surface area contributed by atoms with Gasteiger partial charge in [-0.1, -0.05) is 6.92 Å². The van der Waals surface area contributed by atoms with E-state index in [1.807, 2.05) is 0 Å². The van der Waals surface area contributed by atoms with Crippen molar-refractivity contribution in [3.63, 3.8) is 0 Å². The normalized spacial score (nSPS) is 31.3. The number of carbonyl (C=O) groups is 1. The van der Waals surface area contributed by atoms with E-state index < -0.39 is 0 Å². The molecule has 0 aromatic carbocycles. The Labute approximate surface area is 97.0 Å². The highest BCUT2D eigenvalue weighted by Gasteiger charge is 2.29. The second-order valence-electron chi connectivity index (χ2n) is 4.44. The molecule has 2 aliphatic heterocycles. The Kier molecular flexibility index (Phi) is 4.83. The molecule has 2 saturated heterocycles. The van der Waals surface area contributed by atoms with E-state index in [0.29, 0.717) is 12.0 Å². The van der Waals surface area contributed by atoms with Crippen molar-refractivity contribution in [1.29, 1.82) is 0 Å². The molecule has 5 heteroatoms. The Balaban J connectivity index is 0.00000112. The highest BCUT2D eigenvalue weighted by atomic mass is 35.5. The Hall–Kier alpha value is -0.320. The highest BCUT2D eigenvalue weighted by molar-refractivity contribution is 5.85. The summed E-state index contributed by atoms with van der Waals surface area (Å²) in [6, 6.07) is 0.330. The summed E-state index contributed by atoms with van der Waals surface area (Å²) in [7, 11) is 0. The van der Waals surface area contributed by atoms with Gasteiger partial charge in [0, 0.05) is 25.7 Å². The number of rotatable bonds is 2. The molecule has 88 valence electrons. The monoisotopic (exact) mass is 233 g/mol. The molecule has 2 aliphatic rings. The van der Waals surface area contributed by atoms with Crippen LogP contribution in [0.5, 0.6) is 0 Å². The van der Waals surface area contributed by atoms with Crippen molar-refractivity contribution in [3.8, 4) is 0 Å². The number of carbonyl (C=O) groups excluding carboxylic acids is 1. The fourth-order valence-corrected chi connectivity index (χ4v) is 1.96. The highest BCUT2D eigenvalue weighted by Crippen LogP contribution is 2.12. The molecule has 0 saturated carbocycles. The predicted molar refractivity (Wildman–Crippen MR) is 62.2 cm³/mol. The molecule has 0 radical (unpaired) electrons. The minimum absolute atomic E-state index is 0. The van der Waals surface area contributed by atoms with E-state index in [1.165, 1.54) is 0 Å². The van der Waals surface area contributed by atoms with Crippen LogP contribution in [0.25, 0.3) is 0 Å². The SMILES string of the molecule is CC1CCNCC1NC(=O)C1CNC1.Cl. The first-order chi connectivity index (χ1) is 6.77. The molecule has 15 heavy (non-hydrogen) atoms. The molecular weight excluding hydrogens is 214 g/mol. The summed E-state index contributed by atoms with van der Waals surface area (Å²) in [5, 5.41) is 9.56. The van der Waals surface area contributed by atoms with Gasteiger partial charge < -0.3 is 16.0 Å². The van der Waals surface area contributed by atoms with Crippen molar-refractivity contribution in [3.05, 3.63) is 0 Å². The van der Waals surface area contributed by atoms with E-state index in [1.54, 1.807) is 0 Å². The molecule has 0 aromatic heterocycles. The van der Waals surface area contributed by atoms with Crippen LogP contribution in [0.4, 0.5) is 0 Å². The van der Waals surface area contributed by atoms with Crippen LogP contribution in [0.3, 0.4) is 0 Å². The Morgan fingerprint density at radius 3 is 2.53 bits per heavy atom. The predicted octanol–water partition coefficient (Wildman–Crippen LogP) is -0.258. The minimum Gasteiger partial charge on any atom is -0.351 e. The van der Waals surface area contributed by atoms with Crippen LogP contribution < -0.4 is 16.0 Å². The minimum atomic E-state index is 0. The fourth-order valence-electron chi connectivity index (χ4n) is 1.96. The van der Waals surface area contributed by atoms with Gasteiger partial charge in [0.05, 0.1) is 5.92 Å². The number of piperidine rings is 1. The molecule has 0 bridgehead atoms. The van der Waals surface area contributed by atoms with E-state index >= 15 is 0 Å². The quantitative estimate of drug-likeness (QED) is 0.616. The van der Waals surface area contributed by atoms with Crippen molar-refractivity contribution in [2.24, 2.45) is 11.8 Å². The van der Waals surface area contributed by atoms with Crippen molar-refractivity contribution in [1.82, 2.24) is 16.0 Å². The molecule has 1 amide bonds. The summed E-state index contributed by atoms with van der Waals surface area (Å²) in [5.41, 5.74) is 0. The summed E-state index contributed by atoms with van der Waals surface area (Å²) in [4.78, 5) is 11.7. The number of hydrogen-bond donors (Lipinski definition) is 3. The Morgan fingerprint density at radius 1 is 1.27 bits per heavy atom. The Bertz CT molecular complexity index is 221. The zero-order valence-corrected chi connectivity index (χ0v) is 9.90. The number of halogens is 1. The second-order valence-corrected chi connectivity index (χ2v) is 4.44. The lowest BCUT2D eigenvalue weighted by molar-refractivity contribution is -0.127. The van der Waals surface area contributed by atoms with Gasteiger partial charge in [-0.05, 0) is 18.9 Å². The zero-order valence-electron chi connectivity index (χ0n) is 9.08. The molecule has 0 aromatic rings. The maximum atomic E-state index is 11.7. The first kappa shape index (κ1) is 12.7. The van der Waals surface area contributed by atoms with Gasteiger partial charge in [0.25, 0.3) is 0 Å². The van der Waals surface area contributed by atoms with Crippen LogP contribution in [0.15, 0.2) is 0 Å². The van der Waals surface area contributed by atoms with Crippen LogP contribution in [-0.2, 0) is 4.79 Å². The lowest BCUT2D eigenvalue weighted by Crippen LogP contribution is -2.56. The molecule has 2 rings (SSSR count). The first-order valence-corrected chi connectivity index (χ1v) is 5.49. The molecule has 2 unspecified atom stereocenters. The van der Waals surface area contributed by atoms with E-state index in [0.717, 1.165) is 32.6 Å². The third-order valence-electron chi connectivity index (χ3n) is 3.31. The summed E-state index contributed by atoms with van der Waals surface area (Å²) >= 11 is 0. The molecule has 2 heterocycles. The third-order valence-corrected chi connectivity index (χ3v) is 3.31. The van der Waals surface area contributed by atoms with E-state index in [9.17, 15) is 4.79 Å². The average molecular weight is 234 g/mol. The average Bonchev–Trinajstić information content (AvgIpc) is 2.05. The smallest absolute Gasteiger partial charge is 0.225 e. The summed E-state index contributed by atoms with van der Waals surface area (Å²) in [6.45, 7) is 5.91. The number of nitrogens with one attached hydrogen (secondary N) is 3. The van der Waals surface area contributed by atoms with Gasteiger partial charge in [-0.2, -0.15) is 0 Å². The summed E-state index contributed by atoms with van der Waals surface area (Å²) in [6.07, 6.45) is 1.16. The van der Waals surface area contributed by atoms with Crippen molar-refractivity contribution < 1.29 is 4.79 Å². The zero-order chi connectivity index (χ0) is 9.97. The lowest BCUT2D eigenvalue weighted by atomic mass is 9.93. The fraction of sp³-hybridized carbons (Fsp3) is 0.900. The van der Waals surface area contributed by atoms with Crippen molar-refractivity contribution in [2.75, 3.05) is 26.2 Å². The standard InChI is InChI=1S/C10H19N3O.ClH/c1-7-2-3-11-6-9(7)13-10(14)8-4-12-5-8;/h7-9,11-12H,2-6H2,1H3,(H,13,14);1H. The van der Waals surface area contributed by atoms with E-state index in [2.05, 4.69) is 22.9 Å². The number of hydrogen-bond acceptors (Lipinski definition) is 3. The summed E-state index contributed by atoms with van der Waals surface area (Å²) in [5.74, 6) is 1.04. The molecule has 2 fully saturated rings. The van der Waals surface area contributed by atoms with Gasteiger partial charge in [-0.3, -0.25) is 4.79 Å². The largest absolute Gasteiger partial charge is 0.351 e. The van der Waals surface area contributed by atoms with Crippen LogP contribution in [-0.4, -0.2) is 38.1 Å². The Morgan fingerprint density at radius 2 is 2.00 bits per heavy atom. The van der Waals surface area contributed by atoms with Crippen LogP contribution >= 0.6 is 12.4 Å². The van der Waals surface area contributed by atoms with Crippen LogP contribution in [0, 0.1) is 11.8 Å². The molecule has 0 aliphatic carbocycles. The van der Waals surface area contributed by atoms with Crippen LogP contribution in [0.1, 0.15) is 13.3 Å². The number of amides is 1. The van der Waals surface area contributed by atoms with Gasteiger partial charge in [0.1, 0.15) is 0 Å². The van der Waals surface area contributed by atoms with Gasteiger partial charge in [0.2, 0.25) is 5.91 Å². The van der Waals surface area contributed by atoms with Crippen molar-refractivity contribution >= 4 is 18.3 Å². The maximum absolute atomic E-state index is 11.7. The molecular formula is C10H20ClN3O. The second kappa shape index (κ2) is 5.68. The molecule has 4 nitrogen and oxygen atoms in total. The van der Waals surface area contributed by atoms with Crippen LogP contribution in [0.2, 0.25) is 0 Å². The van der Waals surface area contributed by atoms with Crippen molar-refractivity contribution in [2.45, 2.75) is 19.4 Å². The third kappa shape index (κ3) is 3.06. The van der Waals surface area contributed by atoms with Gasteiger partial charge in [-0.15, -0.1) is 12.4 Å². The van der Waals surface area contributed by atoms with E-state index in [-0.39, 0.29) is 24.2 Å². The van der Waals surface area contributed by atoms with Gasteiger partial charge in [0.15, 0.2) is 0 Å². The summed E-state index contributed by atoms with van der Waals surface area (Å²) < 4.78 is 0. The van der Waals surface area contributed by atoms with Gasteiger partial charge in [-0.25, -0.2) is 0 Å². The maximum Gasteiger partial charge on any atom is 0.225 e. The molecule has 0 spiro atoms. The van der Waals surface area contributed by atoms with E-state index in [4.69, 9.17) is 0 Å². The topological polar surface area (TPSA) is 53.2 Å². The molecule has 2 atom stereocenters.